The minimum Gasteiger partial charge on any atom is -0.264 e. The van der Waals surface area contributed by atoms with Gasteiger partial charge < -0.3 is 0 Å². The standard InChI is InChI=1S/C16H19N/c1-12-14(13-7-6-10-17-11-13)8-5-9-15(12)16(2,3)4/h5-11H,1-4H3. The molecule has 0 spiro atoms. The first-order valence-corrected chi connectivity index (χ1v) is 6.00. The summed E-state index contributed by atoms with van der Waals surface area (Å²) in [7, 11) is 0. The molecule has 0 aliphatic rings. The molecule has 0 saturated carbocycles. The average Bonchev–Trinajstić information content (AvgIpc) is 2.29. The van der Waals surface area contributed by atoms with Crippen molar-refractivity contribution >= 4 is 0 Å². The molecule has 1 aromatic heterocycles. The number of aromatic nitrogens is 1. The van der Waals surface area contributed by atoms with Gasteiger partial charge in [0.15, 0.2) is 0 Å². The molecule has 0 atom stereocenters. The van der Waals surface area contributed by atoms with Crippen LogP contribution < -0.4 is 0 Å². The summed E-state index contributed by atoms with van der Waals surface area (Å²) in [5.74, 6) is 0. The first-order valence-electron chi connectivity index (χ1n) is 6.00. The van der Waals surface area contributed by atoms with Crippen molar-refractivity contribution in [2.45, 2.75) is 33.1 Å². The number of rotatable bonds is 1. The van der Waals surface area contributed by atoms with Gasteiger partial charge in [0.2, 0.25) is 0 Å². The second kappa shape index (κ2) is 4.33. The molecule has 0 radical (unpaired) electrons. The van der Waals surface area contributed by atoms with Gasteiger partial charge in [-0.15, -0.1) is 0 Å². The van der Waals surface area contributed by atoms with Crippen LogP contribution in [0.3, 0.4) is 0 Å². The van der Waals surface area contributed by atoms with Crippen LogP contribution in [-0.4, -0.2) is 4.98 Å². The highest BCUT2D eigenvalue weighted by Gasteiger charge is 2.17. The van der Waals surface area contributed by atoms with Crippen molar-refractivity contribution in [1.29, 1.82) is 0 Å². The van der Waals surface area contributed by atoms with Gasteiger partial charge in [-0.1, -0.05) is 45.0 Å². The van der Waals surface area contributed by atoms with Gasteiger partial charge in [0.25, 0.3) is 0 Å². The zero-order valence-corrected chi connectivity index (χ0v) is 11.0. The van der Waals surface area contributed by atoms with Crippen LogP contribution in [-0.2, 0) is 5.41 Å². The maximum Gasteiger partial charge on any atom is 0.0346 e. The largest absolute Gasteiger partial charge is 0.264 e. The maximum atomic E-state index is 4.19. The molecular formula is C16H19N. The van der Waals surface area contributed by atoms with E-state index in [4.69, 9.17) is 0 Å². The Balaban J connectivity index is 2.58. The van der Waals surface area contributed by atoms with E-state index in [9.17, 15) is 0 Å². The highest BCUT2D eigenvalue weighted by Crippen LogP contribution is 2.31. The quantitative estimate of drug-likeness (QED) is 0.703. The van der Waals surface area contributed by atoms with Crippen LogP contribution in [0.1, 0.15) is 31.9 Å². The maximum absolute atomic E-state index is 4.19. The number of pyridine rings is 1. The van der Waals surface area contributed by atoms with E-state index < -0.39 is 0 Å². The lowest BCUT2D eigenvalue weighted by atomic mass is 9.82. The lowest BCUT2D eigenvalue weighted by Gasteiger charge is -2.23. The Kier molecular flexibility index (Phi) is 3.01. The Morgan fingerprint density at radius 3 is 2.35 bits per heavy atom. The number of hydrogen-bond acceptors (Lipinski definition) is 1. The van der Waals surface area contributed by atoms with Gasteiger partial charge in [0.05, 0.1) is 0 Å². The van der Waals surface area contributed by atoms with Crippen molar-refractivity contribution in [2.24, 2.45) is 0 Å². The van der Waals surface area contributed by atoms with Gasteiger partial charge in [0.1, 0.15) is 0 Å². The Labute approximate surface area is 104 Å². The molecule has 0 fully saturated rings. The molecule has 1 heterocycles. The fourth-order valence-electron chi connectivity index (χ4n) is 2.28. The van der Waals surface area contributed by atoms with E-state index in [1.54, 1.807) is 0 Å². The van der Waals surface area contributed by atoms with Crippen molar-refractivity contribution in [2.75, 3.05) is 0 Å². The molecule has 1 heteroatoms. The molecule has 0 saturated heterocycles. The first kappa shape index (κ1) is 11.8. The second-order valence-corrected chi connectivity index (χ2v) is 5.47. The number of benzene rings is 1. The predicted octanol–water partition coefficient (Wildman–Crippen LogP) is 4.35. The van der Waals surface area contributed by atoms with Crippen LogP contribution >= 0.6 is 0 Å². The SMILES string of the molecule is Cc1c(-c2cccnc2)cccc1C(C)(C)C. The van der Waals surface area contributed by atoms with Crippen molar-refractivity contribution in [3.05, 3.63) is 53.9 Å². The first-order chi connectivity index (χ1) is 8.00. The van der Waals surface area contributed by atoms with E-state index in [1.165, 1.54) is 22.3 Å². The van der Waals surface area contributed by atoms with Gasteiger partial charge >= 0.3 is 0 Å². The highest BCUT2D eigenvalue weighted by molar-refractivity contribution is 5.68. The molecule has 17 heavy (non-hydrogen) atoms. The topological polar surface area (TPSA) is 12.9 Å². The normalized spacial score (nSPS) is 11.5. The van der Waals surface area contributed by atoms with Crippen LogP contribution in [0.2, 0.25) is 0 Å². The summed E-state index contributed by atoms with van der Waals surface area (Å²) in [5, 5.41) is 0. The lowest BCUT2D eigenvalue weighted by molar-refractivity contribution is 0.586. The zero-order valence-electron chi connectivity index (χ0n) is 11.0. The summed E-state index contributed by atoms with van der Waals surface area (Å²) in [4.78, 5) is 4.19. The molecule has 0 aliphatic carbocycles. The summed E-state index contributed by atoms with van der Waals surface area (Å²) in [6, 6.07) is 10.6. The van der Waals surface area contributed by atoms with E-state index >= 15 is 0 Å². The molecule has 0 aliphatic heterocycles. The van der Waals surface area contributed by atoms with Gasteiger partial charge in [-0.2, -0.15) is 0 Å². The van der Waals surface area contributed by atoms with Crippen LogP contribution in [0.25, 0.3) is 11.1 Å². The molecular weight excluding hydrogens is 206 g/mol. The van der Waals surface area contributed by atoms with Crippen molar-refractivity contribution in [3.63, 3.8) is 0 Å². The smallest absolute Gasteiger partial charge is 0.0346 e. The fourth-order valence-corrected chi connectivity index (χ4v) is 2.28. The molecule has 88 valence electrons. The van der Waals surface area contributed by atoms with E-state index in [1.807, 2.05) is 18.5 Å². The third kappa shape index (κ3) is 2.38. The second-order valence-electron chi connectivity index (χ2n) is 5.47. The monoisotopic (exact) mass is 225 g/mol. The fraction of sp³-hybridized carbons (Fsp3) is 0.312. The molecule has 1 aromatic carbocycles. The minimum atomic E-state index is 0.183. The highest BCUT2D eigenvalue weighted by atomic mass is 14.6. The van der Waals surface area contributed by atoms with Gasteiger partial charge in [0, 0.05) is 18.0 Å². The van der Waals surface area contributed by atoms with E-state index in [-0.39, 0.29) is 5.41 Å². The van der Waals surface area contributed by atoms with E-state index in [2.05, 4.69) is 56.9 Å². The Hall–Kier alpha value is -1.63. The molecule has 0 amide bonds. The predicted molar refractivity (Wildman–Crippen MR) is 73.1 cm³/mol. The lowest BCUT2D eigenvalue weighted by Crippen LogP contribution is -2.13. The molecule has 2 aromatic rings. The van der Waals surface area contributed by atoms with E-state index in [0.717, 1.165) is 0 Å². The average molecular weight is 225 g/mol. The van der Waals surface area contributed by atoms with Crippen molar-refractivity contribution in [3.8, 4) is 11.1 Å². The van der Waals surface area contributed by atoms with E-state index in [0.29, 0.717) is 0 Å². The number of nitrogens with zero attached hydrogens (tertiary/aromatic N) is 1. The summed E-state index contributed by atoms with van der Waals surface area (Å²) in [5.41, 5.74) is 5.41. The van der Waals surface area contributed by atoms with Crippen LogP contribution in [0.5, 0.6) is 0 Å². The van der Waals surface area contributed by atoms with Crippen LogP contribution in [0, 0.1) is 6.92 Å². The minimum absolute atomic E-state index is 0.183. The van der Waals surface area contributed by atoms with Gasteiger partial charge in [-0.3, -0.25) is 4.98 Å². The zero-order chi connectivity index (χ0) is 12.5. The molecule has 2 rings (SSSR count). The summed E-state index contributed by atoms with van der Waals surface area (Å²) >= 11 is 0. The number of hydrogen-bond donors (Lipinski definition) is 0. The van der Waals surface area contributed by atoms with Crippen LogP contribution in [0.15, 0.2) is 42.7 Å². The van der Waals surface area contributed by atoms with Crippen molar-refractivity contribution in [1.82, 2.24) is 4.98 Å². The molecule has 1 nitrogen and oxygen atoms in total. The Morgan fingerprint density at radius 1 is 1.00 bits per heavy atom. The third-order valence-corrected chi connectivity index (χ3v) is 3.11. The molecule has 0 bridgehead atoms. The Morgan fingerprint density at radius 2 is 1.76 bits per heavy atom. The molecule has 0 N–H and O–H groups in total. The van der Waals surface area contributed by atoms with Crippen molar-refractivity contribution < 1.29 is 0 Å². The Bertz CT molecular complexity index is 507. The summed E-state index contributed by atoms with van der Waals surface area (Å²) < 4.78 is 0. The van der Waals surface area contributed by atoms with Gasteiger partial charge in [-0.05, 0) is 35.1 Å². The summed E-state index contributed by atoms with van der Waals surface area (Å²) in [6.07, 6.45) is 3.74. The van der Waals surface area contributed by atoms with Gasteiger partial charge in [-0.25, -0.2) is 0 Å². The van der Waals surface area contributed by atoms with Crippen LogP contribution in [0.4, 0.5) is 0 Å². The molecule has 0 unspecified atom stereocenters. The third-order valence-electron chi connectivity index (χ3n) is 3.11. The summed E-state index contributed by atoms with van der Waals surface area (Å²) in [6.45, 7) is 8.95.